The average molecular weight is 283 g/mol. The molecule has 1 heterocycles. The molecule has 0 atom stereocenters. The summed E-state index contributed by atoms with van der Waals surface area (Å²) in [4.78, 5) is 8.95. The monoisotopic (exact) mass is 283 g/mol. The van der Waals surface area contributed by atoms with Crippen LogP contribution in [0.25, 0.3) is 22.3 Å². The Balaban J connectivity index is 2.16. The lowest BCUT2D eigenvalue weighted by Gasteiger charge is -2.09. The van der Waals surface area contributed by atoms with Crippen LogP contribution in [0, 0.1) is 5.82 Å². The summed E-state index contributed by atoms with van der Waals surface area (Å²) >= 11 is 0. The number of halogens is 1. The summed E-state index contributed by atoms with van der Waals surface area (Å²) in [6, 6.07) is 12.0. The Morgan fingerprint density at radius 3 is 2.48 bits per heavy atom. The summed E-state index contributed by atoms with van der Waals surface area (Å²) in [5.41, 5.74) is 1.57. The summed E-state index contributed by atoms with van der Waals surface area (Å²) in [5.74, 6) is 1.65. The van der Waals surface area contributed by atoms with E-state index < -0.39 is 0 Å². The maximum Gasteiger partial charge on any atom is 0.162 e. The first-order chi connectivity index (χ1) is 10.2. The van der Waals surface area contributed by atoms with Crippen LogP contribution in [0.5, 0.6) is 5.75 Å². The van der Waals surface area contributed by atoms with Crippen molar-refractivity contribution in [2.45, 2.75) is 0 Å². The van der Waals surface area contributed by atoms with Gasteiger partial charge in [-0.05, 0) is 42.5 Å². The molecular formula is C16H14FN3O. The van der Waals surface area contributed by atoms with Gasteiger partial charge in [0.15, 0.2) is 5.82 Å². The quantitative estimate of drug-likeness (QED) is 0.799. The fourth-order valence-corrected chi connectivity index (χ4v) is 2.16. The predicted octanol–water partition coefficient (Wildman–Crippen LogP) is 3.49. The topological polar surface area (TPSA) is 47.0 Å². The van der Waals surface area contributed by atoms with Gasteiger partial charge in [0.2, 0.25) is 0 Å². The zero-order chi connectivity index (χ0) is 14.8. The Labute approximate surface area is 121 Å². The largest absolute Gasteiger partial charge is 0.497 e. The number of aromatic nitrogens is 2. The zero-order valence-corrected chi connectivity index (χ0v) is 11.7. The number of benzene rings is 2. The van der Waals surface area contributed by atoms with Crippen molar-refractivity contribution in [1.29, 1.82) is 0 Å². The lowest BCUT2D eigenvalue weighted by Crippen LogP contribution is -1.99. The van der Waals surface area contributed by atoms with Gasteiger partial charge in [0, 0.05) is 18.0 Å². The van der Waals surface area contributed by atoms with Gasteiger partial charge in [0.05, 0.1) is 12.6 Å². The zero-order valence-electron chi connectivity index (χ0n) is 11.7. The smallest absolute Gasteiger partial charge is 0.162 e. The minimum atomic E-state index is -0.306. The second kappa shape index (κ2) is 5.36. The first kappa shape index (κ1) is 13.3. The van der Waals surface area contributed by atoms with Crippen LogP contribution in [0.2, 0.25) is 0 Å². The molecule has 1 N–H and O–H groups in total. The Bertz CT molecular complexity index is 787. The molecule has 0 aliphatic carbocycles. The van der Waals surface area contributed by atoms with Gasteiger partial charge in [0.25, 0.3) is 0 Å². The standard InChI is InChI=1S/C16H14FN3O/c1-18-16-13-9-11(17)5-8-14(13)19-15(20-16)10-3-6-12(21-2)7-4-10/h3-9H,1-2H3,(H,18,19,20). The molecule has 3 aromatic rings. The second-order valence-electron chi connectivity index (χ2n) is 4.54. The van der Waals surface area contributed by atoms with Crippen LogP contribution in [0.15, 0.2) is 42.5 Å². The Morgan fingerprint density at radius 2 is 1.81 bits per heavy atom. The van der Waals surface area contributed by atoms with E-state index in [9.17, 15) is 4.39 Å². The van der Waals surface area contributed by atoms with Gasteiger partial charge in [-0.25, -0.2) is 14.4 Å². The van der Waals surface area contributed by atoms with Crippen molar-refractivity contribution in [3.05, 3.63) is 48.3 Å². The number of ether oxygens (including phenoxy) is 1. The van der Waals surface area contributed by atoms with Crippen LogP contribution in [-0.2, 0) is 0 Å². The van der Waals surface area contributed by atoms with Crippen molar-refractivity contribution in [3.8, 4) is 17.1 Å². The predicted molar refractivity (Wildman–Crippen MR) is 81.0 cm³/mol. The van der Waals surface area contributed by atoms with Gasteiger partial charge in [-0.1, -0.05) is 0 Å². The molecule has 3 rings (SSSR count). The summed E-state index contributed by atoms with van der Waals surface area (Å²) in [6.07, 6.45) is 0. The summed E-state index contributed by atoms with van der Waals surface area (Å²) in [6.45, 7) is 0. The van der Waals surface area contributed by atoms with Gasteiger partial charge in [-0.2, -0.15) is 0 Å². The second-order valence-corrected chi connectivity index (χ2v) is 4.54. The lowest BCUT2D eigenvalue weighted by molar-refractivity contribution is 0.415. The van der Waals surface area contributed by atoms with Crippen LogP contribution in [0.1, 0.15) is 0 Å². The number of fused-ring (bicyclic) bond motifs is 1. The van der Waals surface area contributed by atoms with Crippen LogP contribution < -0.4 is 10.1 Å². The third-order valence-electron chi connectivity index (χ3n) is 3.24. The summed E-state index contributed by atoms with van der Waals surface area (Å²) in [7, 11) is 3.37. The molecule has 0 fully saturated rings. The van der Waals surface area contributed by atoms with E-state index in [1.807, 2.05) is 24.3 Å². The van der Waals surface area contributed by atoms with Crippen LogP contribution in [0.3, 0.4) is 0 Å². The maximum atomic E-state index is 13.4. The highest BCUT2D eigenvalue weighted by molar-refractivity contribution is 5.90. The van der Waals surface area contributed by atoms with Crippen LogP contribution in [0.4, 0.5) is 10.2 Å². The van der Waals surface area contributed by atoms with Crippen molar-refractivity contribution < 1.29 is 9.13 Å². The van der Waals surface area contributed by atoms with E-state index in [0.717, 1.165) is 11.3 Å². The van der Waals surface area contributed by atoms with Gasteiger partial charge < -0.3 is 10.1 Å². The molecule has 0 amide bonds. The number of methoxy groups -OCH3 is 1. The molecule has 106 valence electrons. The average Bonchev–Trinajstić information content (AvgIpc) is 2.54. The van der Waals surface area contributed by atoms with Gasteiger partial charge in [-0.15, -0.1) is 0 Å². The van der Waals surface area contributed by atoms with Crippen molar-refractivity contribution in [2.24, 2.45) is 0 Å². The molecule has 0 aliphatic heterocycles. The summed E-state index contributed by atoms with van der Waals surface area (Å²) in [5, 5.41) is 3.65. The summed E-state index contributed by atoms with van der Waals surface area (Å²) < 4.78 is 18.5. The van der Waals surface area contributed by atoms with Crippen molar-refractivity contribution in [2.75, 3.05) is 19.5 Å². The molecule has 0 bridgehead atoms. The van der Waals surface area contributed by atoms with Crippen molar-refractivity contribution in [3.63, 3.8) is 0 Å². The van der Waals surface area contributed by atoms with E-state index in [1.54, 1.807) is 20.2 Å². The highest BCUT2D eigenvalue weighted by Crippen LogP contribution is 2.26. The van der Waals surface area contributed by atoms with E-state index in [0.29, 0.717) is 22.5 Å². The molecule has 0 unspecified atom stereocenters. The van der Waals surface area contributed by atoms with Gasteiger partial charge in [0.1, 0.15) is 17.4 Å². The Kier molecular flexibility index (Phi) is 3.39. The number of anilines is 1. The fraction of sp³-hybridized carbons (Fsp3) is 0.125. The number of nitrogens with one attached hydrogen (secondary N) is 1. The highest BCUT2D eigenvalue weighted by Gasteiger charge is 2.09. The SMILES string of the molecule is CNc1nc(-c2ccc(OC)cc2)nc2ccc(F)cc12. The molecule has 5 heteroatoms. The van der Waals surface area contributed by atoms with E-state index in [1.165, 1.54) is 12.1 Å². The van der Waals surface area contributed by atoms with Crippen molar-refractivity contribution >= 4 is 16.7 Å². The third-order valence-corrected chi connectivity index (χ3v) is 3.24. The number of rotatable bonds is 3. The molecule has 0 saturated carbocycles. The molecule has 21 heavy (non-hydrogen) atoms. The molecule has 2 aromatic carbocycles. The van der Waals surface area contributed by atoms with E-state index in [-0.39, 0.29) is 5.82 Å². The first-order valence-electron chi connectivity index (χ1n) is 6.51. The number of hydrogen-bond acceptors (Lipinski definition) is 4. The normalized spacial score (nSPS) is 10.6. The van der Waals surface area contributed by atoms with Crippen molar-refractivity contribution in [1.82, 2.24) is 9.97 Å². The Morgan fingerprint density at radius 1 is 1.05 bits per heavy atom. The Hall–Kier alpha value is -2.69. The highest BCUT2D eigenvalue weighted by atomic mass is 19.1. The lowest BCUT2D eigenvalue weighted by atomic mass is 10.1. The number of nitrogens with zero attached hydrogens (tertiary/aromatic N) is 2. The minimum absolute atomic E-state index is 0.306. The van der Waals surface area contributed by atoms with Gasteiger partial charge in [-0.3, -0.25) is 0 Å². The van der Waals surface area contributed by atoms with E-state index in [4.69, 9.17) is 4.74 Å². The fourth-order valence-electron chi connectivity index (χ4n) is 2.16. The minimum Gasteiger partial charge on any atom is -0.497 e. The molecule has 0 spiro atoms. The molecule has 1 aromatic heterocycles. The maximum absolute atomic E-state index is 13.4. The van der Waals surface area contributed by atoms with Crippen LogP contribution in [-0.4, -0.2) is 24.1 Å². The number of hydrogen-bond donors (Lipinski definition) is 1. The first-order valence-corrected chi connectivity index (χ1v) is 6.51. The molecular weight excluding hydrogens is 269 g/mol. The molecule has 0 aliphatic rings. The molecule has 4 nitrogen and oxygen atoms in total. The third kappa shape index (κ3) is 2.50. The van der Waals surface area contributed by atoms with Gasteiger partial charge >= 0.3 is 0 Å². The van der Waals surface area contributed by atoms with E-state index in [2.05, 4.69) is 15.3 Å². The molecule has 0 radical (unpaired) electrons. The van der Waals surface area contributed by atoms with Crippen LogP contribution >= 0.6 is 0 Å². The molecule has 0 saturated heterocycles. The van der Waals surface area contributed by atoms with E-state index >= 15 is 0 Å².